The third-order valence-corrected chi connectivity index (χ3v) is 2.06. The molecule has 0 amide bonds. The average Bonchev–Trinajstić information content (AvgIpc) is 2.61. The highest BCUT2D eigenvalue weighted by atomic mass is 16.5. The first-order valence-electron chi connectivity index (χ1n) is 4.28. The molecular weight excluding hydrogens is 180 g/mol. The van der Waals surface area contributed by atoms with Crippen molar-refractivity contribution in [1.29, 1.82) is 0 Å². The van der Waals surface area contributed by atoms with E-state index in [0.717, 1.165) is 5.56 Å². The van der Waals surface area contributed by atoms with Crippen LogP contribution in [0.25, 0.3) is 11.3 Å². The fraction of sp³-hybridized carbons (Fsp3) is 0.100. The van der Waals surface area contributed by atoms with E-state index in [2.05, 4.69) is 9.68 Å². The summed E-state index contributed by atoms with van der Waals surface area (Å²) in [6.45, 7) is 0.177. The average molecular weight is 190 g/mol. The van der Waals surface area contributed by atoms with Gasteiger partial charge in [-0.05, 0) is 0 Å². The lowest BCUT2D eigenvalue weighted by Crippen LogP contribution is -2.08. The zero-order valence-corrected chi connectivity index (χ0v) is 7.49. The summed E-state index contributed by atoms with van der Waals surface area (Å²) in [6.07, 6.45) is 0. The number of rotatable bonds is 2. The summed E-state index contributed by atoms with van der Waals surface area (Å²) in [5, 5.41) is 2.57. The van der Waals surface area contributed by atoms with Gasteiger partial charge >= 0.3 is 5.63 Å². The third kappa shape index (κ3) is 1.36. The van der Waals surface area contributed by atoms with Crippen molar-refractivity contribution in [2.24, 2.45) is 5.73 Å². The molecule has 1 aromatic carbocycles. The van der Waals surface area contributed by atoms with Crippen molar-refractivity contribution in [3.8, 4) is 11.3 Å². The Morgan fingerprint density at radius 1 is 1.29 bits per heavy atom. The van der Waals surface area contributed by atoms with Crippen LogP contribution in [0.4, 0.5) is 0 Å². The van der Waals surface area contributed by atoms with Crippen LogP contribution in [0, 0.1) is 0 Å². The quantitative estimate of drug-likeness (QED) is 0.744. The van der Waals surface area contributed by atoms with Crippen molar-refractivity contribution >= 4 is 0 Å². The normalized spacial score (nSPS) is 10.4. The molecule has 0 aliphatic carbocycles. The van der Waals surface area contributed by atoms with Crippen molar-refractivity contribution in [1.82, 2.24) is 5.16 Å². The molecule has 4 heteroatoms. The topological polar surface area (TPSA) is 72.0 Å². The second-order valence-electron chi connectivity index (χ2n) is 2.92. The summed E-state index contributed by atoms with van der Waals surface area (Å²) in [4.78, 5) is 11.2. The summed E-state index contributed by atoms with van der Waals surface area (Å²) in [5.41, 5.74) is 7.11. The highest BCUT2D eigenvalue weighted by Gasteiger charge is 2.11. The molecule has 0 atom stereocenters. The predicted octanol–water partition coefficient (Wildman–Crippen LogP) is 1.09. The lowest BCUT2D eigenvalue weighted by Gasteiger charge is -1.97. The van der Waals surface area contributed by atoms with E-state index in [1.807, 2.05) is 30.3 Å². The van der Waals surface area contributed by atoms with Crippen LogP contribution in [0.3, 0.4) is 0 Å². The van der Waals surface area contributed by atoms with Gasteiger partial charge in [-0.3, -0.25) is 0 Å². The first kappa shape index (κ1) is 8.77. The molecule has 0 unspecified atom stereocenters. The van der Waals surface area contributed by atoms with E-state index in [1.54, 1.807) is 0 Å². The number of nitrogens with two attached hydrogens (primary N) is 1. The minimum Gasteiger partial charge on any atom is -0.338 e. The molecule has 4 nitrogen and oxygen atoms in total. The van der Waals surface area contributed by atoms with Crippen LogP contribution in [0.5, 0.6) is 0 Å². The van der Waals surface area contributed by atoms with Crippen LogP contribution in [0.15, 0.2) is 39.6 Å². The predicted molar refractivity (Wildman–Crippen MR) is 52.7 cm³/mol. The first-order chi connectivity index (χ1) is 6.83. The van der Waals surface area contributed by atoms with Gasteiger partial charge in [0.2, 0.25) is 0 Å². The Labute approximate surface area is 80.3 Å². The largest absolute Gasteiger partial charge is 0.362 e. The molecule has 0 bridgehead atoms. The maximum Gasteiger partial charge on any atom is 0.362 e. The van der Waals surface area contributed by atoms with Crippen LogP contribution in [-0.2, 0) is 6.54 Å². The van der Waals surface area contributed by atoms with Crippen molar-refractivity contribution in [3.63, 3.8) is 0 Å². The lowest BCUT2D eigenvalue weighted by atomic mass is 10.1. The number of benzene rings is 1. The Morgan fingerprint density at radius 2 is 2.00 bits per heavy atom. The highest BCUT2D eigenvalue weighted by Crippen LogP contribution is 2.18. The second-order valence-corrected chi connectivity index (χ2v) is 2.92. The van der Waals surface area contributed by atoms with E-state index < -0.39 is 5.63 Å². The van der Waals surface area contributed by atoms with E-state index in [4.69, 9.17) is 5.73 Å². The van der Waals surface area contributed by atoms with E-state index in [9.17, 15) is 4.79 Å². The number of aromatic nitrogens is 1. The smallest absolute Gasteiger partial charge is 0.338 e. The molecule has 1 heterocycles. The molecule has 14 heavy (non-hydrogen) atoms. The zero-order chi connectivity index (χ0) is 9.97. The van der Waals surface area contributed by atoms with Crippen LogP contribution in [0.2, 0.25) is 0 Å². The maximum atomic E-state index is 11.2. The minimum absolute atomic E-state index is 0.177. The monoisotopic (exact) mass is 190 g/mol. The summed E-state index contributed by atoms with van der Waals surface area (Å²) >= 11 is 0. The number of aromatic amines is 1. The number of H-pyrrole nitrogens is 1. The molecule has 72 valence electrons. The number of hydrogen-bond acceptors (Lipinski definition) is 3. The Morgan fingerprint density at radius 3 is 2.64 bits per heavy atom. The van der Waals surface area contributed by atoms with Gasteiger partial charge in [0, 0.05) is 12.1 Å². The molecule has 0 radical (unpaired) electrons. The molecule has 0 spiro atoms. The van der Waals surface area contributed by atoms with Crippen molar-refractivity contribution in [2.75, 3.05) is 0 Å². The summed E-state index contributed by atoms with van der Waals surface area (Å²) < 4.78 is 4.68. The lowest BCUT2D eigenvalue weighted by molar-refractivity contribution is 0.392. The fourth-order valence-corrected chi connectivity index (χ4v) is 1.35. The molecule has 1 aromatic heterocycles. The Hall–Kier alpha value is -1.81. The molecular formula is C10H10N2O2. The van der Waals surface area contributed by atoms with Crippen molar-refractivity contribution in [3.05, 3.63) is 46.3 Å². The van der Waals surface area contributed by atoms with Crippen LogP contribution in [-0.4, -0.2) is 5.16 Å². The summed E-state index contributed by atoms with van der Waals surface area (Å²) in [6, 6.07) is 9.46. The van der Waals surface area contributed by atoms with Crippen LogP contribution in [0.1, 0.15) is 5.56 Å². The molecule has 2 aromatic rings. The fourth-order valence-electron chi connectivity index (χ4n) is 1.35. The molecule has 0 saturated heterocycles. The number of hydrogen-bond donors (Lipinski definition) is 2. The second kappa shape index (κ2) is 3.51. The van der Waals surface area contributed by atoms with Gasteiger partial charge in [-0.15, -0.1) is 0 Å². The van der Waals surface area contributed by atoms with Gasteiger partial charge < -0.3 is 10.3 Å². The standard InChI is InChI=1S/C10H10N2O2/c11-6-8-9(12-14-10(8)13)7-4-2-1-3-5-7/h1-5,12H,6,11H2. The van der Waals surface area contributed by atoms with Gasteiger partial charge in [0.25, 0.3) is 0 Å². The SMILES string of the molecule is NCc1c(-c2ccccc2)[nH]oc1=O. The van der Waals surface area contributed by atoms with Crippen LogP contribution < -0.4 is 11.4 Å². The Bertz CT molecular complexity index is 470. The van der Waals surface area contributed by atoms with Gasteiger partial charge in [0.15, 0.2) is 0 Å². The molecule has 3 N–H and O–H groups in total. The van der Waals surface area contributed by atoms with Crippen molar-refractivity contribution in [2.45, 2.75) is 6.54 Å². The molecule has 0 saturated carbocycles. The summed E-state index contributed by atoms with van der Waals surface area (Å²) in [5.74, 6) is 0. The van der Waals surface area contributed by atoms with Crippen LogP contribution >= 0.6 is 0 Å². The van der Waals surface area contributed by atoms with E-state index >= 15 is 0 Å². The Kier molecular flexibility index (Phi) is 2.20. The third-order valence-electron chi connectivity index (χ3n) is 2.06. The molecule has 0 aliphatic rings. The molecule has 0 aliphatic heterocycles. The van der Waals surface area contributed by atoms with E-state index in [1.165, 1.54) is 0 Å². The summed E-state index contributed by atoms with van der Waals surface area (Å²) in [7, 11) is 0. The zero-order valence-electron chi connectivity index (χ0n) is 7.49. The Balaban J connectivity index is 2.57. The van der Waals surface area contributed by atoms with Gasteiger partial charge in [-0.1, -0.05) is 30.3 Å². The first-order valence-corrected chi connectivity index (χ1v) is 4.28. The van der Waals surface area contributed by atoms with E-state index in [-0.39, 0.29) is 6.54 Å². The maximum absolute atomic E-state index is 11.2. The highest BCUT2D eigenvalue weighted by molar-refractivity contribution is 5.61. The van der Waals surface area contributed by atoms with Gasteiger partial charge in [0.05, 0.1) is 11.3 Å². The molecule has 0 fully saturated rings. The van der Waals surface area contributed by atoms with Crippen molar-refractivity contribution < 1.29 is 4.52 Å². The van der Waals surface area contributed by atoms with E-state index in [0.29, 0.717) is 11.3 Å². The van der Waals surface area contributed by atoms with Gasteiger partial charge in [0.1, 0.15) is 0 Å². The number of nitrogens with one attached hydrogen (secondary N) is 1. The minimum atomic E-state index is -0.397. The van der Waals surface area contributed by atoms with Gasteiger partial charge in [-0.25, -0.2) is 9.95 Å². The molecule has 2 rings (SSSR count). The van der Waals surface area contributed by atoms with Gasteiger partial charge in [-0.2, -0.15) is 0 Å².